The van der Waals surface area contributed by atoms with E-state index in [4.69, 9.17) is 0 Å². The number of sulfonamides is 1. The monoisotopic (exact) mass is 458 g/mol. The number of carbonyl (C=O) groups is 1. The van der Waals surface area contributed by atoms with Gasteiger partial charge in [0.2, 0.25) is 15.9 Å². The second kappa shape index (κ2) is 10.9. The number of carbonyl (C=O) groups excluding carboxylic acids is 1. The van der Waals surface area contributed by atoms with Crippen LogP contribution in [0.1, 0.15) is 57.6 Å². The van der Waals surface area contributed by atoms with E-state index in [1.807, 2.05) is 49.4 Å². The first-order chi connectivity index (χ1) is 14.5. The second-order valence-corrected chi connectivity index (χ2v) is 9.52. The Balaban J connectivity index is 2.16. The number of alkyl halides is 3. The predicted octanol–water partition coefficient (Wildman–Crippen LogP) is 4.84. The molecule has 0 saturated heterocycles. The summed E-state index contributed by atoms with van der Waals surface area (Å²) in [6, 6.07) is 11.6. The molecule has 0 heterocycles. The molecule has 31 heavy (non-hydrogen) atoms. The Bertz CT molecular complexity index is 972. The number of rotatable bonds is 11. The van der Waals surface area contributed by atoms with Crippen LogP contribution in [0.15, 0.2) is 42.5 Å². The number of unbranched alkanes of at least 4 members (excludes halogenated alkanes) is 1. The third-order valence-corrected chi connectivity index (χ3v) is 6.48. The first kappa shape index (κ1) is 25.1. The van der Waals surface area contributed by atoms with Crippen molar-refractivity contribution in [2.75, 3.05) is 5.75 Å². The van der Waals surface area contributed by atoms with Crippen LogP contribution in [0.2, 0.25) is 0 Å². The molecular weight excluding hydrogens is 429 g/mol. The number of nitrogens with one attached hydrogen (secondary N) is 2. The van der Waals surface area contributed by atoms with Gasteiger partial charge in [0.25, 0.3) is 0 Å². The van der Waals surface area contributed by atoms with Gasteiger partial charge in [-0.1, -0.05) is 55.8 Å². The molecule has 0 spiro atoms. The smallest absolute Gasteiger partial charge is 0.348 e. The normalized spacial score (nSPS) is 14.4. The molecule has 0 aliphatic carbocycles. The molecule has 1 amide bonds. The summed E-state index contributed by atoms with van der Waals surface area (Å²) in [7, 11) is -3.78. The van der Waals surface area contributed by atoms with E-state index in [1.165, 1.54) is 0 Å². The fourth-order valence-corrected chi connectivity index (χ4v) is 4.82. The van der Waals surface area contributed by atoms with Crippen molar-refractivity contribution in [3.63, 3.8) is 0 Å². The molecule has 2 aromatic carbocycles. The van der Waals surface area contributed by atoms with Gasteiger partial charge >= 0.3 is 6.18 Å². The van der Waals surface area contributed by atoms with E-state index in [2.05, 4.69) is 10.0 Å². The summed E-state index contributed by atoms with van der Waals surface area (Å²) in [6.07, 6.45) is -4.98. The van der Waals surface area contributed by atoms with Gasteiger partial charge in [-0.3, -0.25) is 4.79 Å². The van der Waals surface area contributed by atoms with Crippen molar-refractivity contribution in [2.45, 2.75) is 64.2 Å². The van der Waals surface area contributed by atoms with Crippen LogP contribution in [0, 0.1) is 0 Å². The predicted molar refractivity (Wildman–Crippen MR) is 116 cm³/mol. The van der Waals surface area contributed by atoms with E-state index in [1.54, 1.807) is 6.92 Å². The number of benzene rings is 2. The van der Waals surface area contributed by atoms with Crippen LogP contribution in [0.5, 0.6) is 0 Å². The minimum absolute atomic E-state index is 0.175. The Morgan fingerprint density at radius 1 is 1.06 bits per heavy atom. The number of hydrogen-bond acceptors (Lipinski definition) is 3. The number of hydrogen-bond donors (Lipinski definition) is 2. The maximum absolute atomic E-state index is 12.9. The summed E-state index contributed by atoms with van der Waals surface area (Å²) in [5.41, 5.74) is 0.842. The third-order valence-electron chi connectivity index (χ3n) is 5.01. The standard InChI is InChI=1S/C22H29F3N2O3S/c1-3-4-15-31(29,30)27-20(13-8-14-22(23,24)25)21(28)26-16(2)18-12-7-10-17-9-5-6-11-19(17)18/h5-7,9-12,16,20,27H,3-4,8,13-15H2,1-2H3,(H,26,28). The molecule has 0 aliphatic heterocycles. The van der Waals surface area contributed by atoms with Crippen LogP contribution < -0.4 is 10.0 Å². The summed E-state index contributed by atoms with van der Waals surface area (Å²) in [6.45, 7) is 3.59. The quantitative estimate of drug-likeness (QED) is 0.506. The summed E-state index contributed by atoms with van der Waals surface area (Å²) < 4.78 is 64.5. The molecule has 0 fully saturated rings. The number of fused-ring (bicyclic) bond motifs is 1. The SMILES string of the molecule is CCCCS(=O)(=O)NC(CCCC(F)(F)F)C(=O)NC(C)c1cccc2ccccc12. The fourth-order valence-electron chi connectivity index (χ4n) is 3.38. The lowest BCUT2D eigenvalue weighted by Crippen LogP contribution is -2.48. The first-order valence-corrected chi connectivity index (χ1v) is 12.0. The average Bonchev–Trinajstić information content (AvgIpc) is 2.70. The Kier molecular flexibility index (Phi) is 8.88. The molecule has 2 atom stereocenters. The average molecular weight is 459 g/mol. The minimum atomic E-state index is -4.36. The van der Waals surface area contributed by atoms with E-state index in [9.17, 15) is 26.4 Å². The van der Waals surface area contributed by atoms with Crippen LogP contribution in [0.3, 0.4) is 0 Å². The topological polar surface area (TPSA) is 75.3 Å². The van der Waals surface area contributed by atoms with E-state index >= 15 is 0 Å². The van der Waals surface area contributed by atoms with E-state index in [0.717, 1.165) is 16.3 Å². The van der Waals surface area contributed by atoms with E-state index in [0.29, 0.717) is 12.8 Å². The Morgan fingerprint density at radius 3 is 2.42 bits per heavy atom. The largest absolute Gasteiger partial charge is 0.389 e. The van der Waals surface area contributed by atoms with Gasteiger partial charge < -0.3 is 5.32 Å². The minimum Gasteiger partial charge on any atom is -0.348 e. The van der Waals surface area contributed by atoms with Crippen molar-refractivity contribution in [1.29, 1.82) is 0 Å². The second-order valence-electron chi connectivity index (χ2n) is 7.65. The molecule has 2 unspecified atom stereocenters. The highest BCUT2D eigenvalue weighted by molar-refractivity contribution is 7.89. The number of halogens is 3. The number of amides is 1. The zero-order valence-corrected chi connectivity index (χ0v) is 18.5. The van der Waals surface area contributed by atoms with Crippen LogP contribution >= 0.6 is 0 Å². The summed E-state index contributed by atoms with van der Waals surface area (Å²) in [4.78, 5) is 12.9. The maximum Gasteiger partial charge on any atom is 0.389 e. The summed E-state index contributed by atoms with van der Waals surface area (Å²) in [5, 5.41) is 4.70. The van der Waals surface area contributed by atoms with Crippen molar-refractivity contribution in [1.82, 2.24) is 10.0 Å². The van der Waals surface area contributed by atoms with Gasteiger partial charge in [-0.15, -0.1) is 0 Å². The highest BCUT2D eigenvalue weighted by atomic mass is 32.2. The van der Waals surface area contributed by atoms with Gasteiger partial charge in [0.15, 0.2) is 0 Å². The molecule has 2 rings (SSSR count). The van der Waals surface area contributed by atoms with Crippen molar-refractivity contribution in [2.24, 2.45) is 0 Å². The first-order valence-electron chi connectivity index (χ1n) is 10.4. The fraction of sp³-hybridized carbons (Fsp3) is 0.500. The van der Waals surface area contributed by atoms with E-state index in [-0.39, 0.29) is 18.6 Å². The molecule has 2 aromatic rings. The molecule has 0 saturated carbocycles. The molecule has 5 nitrogen and oxygen atoms in total. The van der Waals surface area contributed by atoms with Crippen molar-refractivity contribution >= 4 is 26.7 Å². The van der Waals surface area contributed by atoms with Crippen molar-refractivity contribution in [3.8, 4) is 0 Å². The zero-order chi connectivity index (χ0) is 23.1. The maximum atomic E-state index is 12.9. The highest BCUT2D eigenvalue weighted by Crippen LogP contribution is 2.25. The Hall–Kier alpha value is -2.13. The lowest BCUT2D eigenvalue weighted by atomic mass is 9.99. The molecule has 2 N–H and O–H groups in total. The van der Waals surface area contributed by atoms with Gasteiger partial charge in [0.05, 0.1) is 11.8 Å². The Morgan fingerprint density at radius 2 is 1.74 bits per heavy atom. The van der Waals surface area contributed by atoms with Crippen molar-refractivity contribution in [3.05, 3.63) is 48.0 Å². The van der Waals surface area contributed by atoms with Gasteiger partial charge in [-0.2, -0.15) is 13.2 Å². The van der Waals surface area contributed by atoms with Crippen molar-refractivity contribution < 1.29 is 26.4 Å². The van der Waals surface area contributed by atoms with Gasteiger partial charge in [-0.25, -0.2) is 13.1 Å². The lowest BCUT2D eigenvalue weighted by molar-refractivity contribution is -0.137. The Labute approximate surface area is 181 Å². The molecule has 172 valence electrons. The van der Waals surface area contributed by atoms with Crippen LogP contribution in [-0.4, -0.2) is 32.3 Å². The molecule has 9 heteroatoms. The molecule has 0 aromatic heterocycles. The van der Waals surface area contributed by atoms with Gasteiger partial charge in [0.1, 0.15) is 6.04 Å². The van der Waals surface area contributed by atoms with Gasteiger partial charge in [0, 0.05) is 6.42 Å². The van der Waals surface area contributed by atoms with Crippen LogP contribution in [0.25, 0.3) is 10.8 Å². The highest BCUT2D eigenvalue weighted by Gasteiger charge is 2.30. The van der Waals surface area contributed by atoms with Crippen LogP contribution in [0.4, 0.5) is 13.2 Å². The zero-order valence-electron chi connectivity index (χ0n) is 17.7. The summed E-state index contributed by atoms with van der Waals surface area (Å²) >= 11 is 0. The van der Waals surface area contributed by atoms with Gasteiger partial charge in [-0.05, 0) is 42.5 Å². The molecule has 0 aliphatic rings. The molecule has 0 bridgehead atoms. The third kappa shape index (κ3) is 8.14. The molecular formula is C22H29F3N2O3S. The molecule has 0 radical (unpaired) electrons. The summed E-state index contributed by atoms with van der Waals surface area (Å²) in [5.74, 6) is -0.812. The van der Waals surface area contributed by atoms with Crippen LogP contribution in [-0.2, 0) is 14.8 Å². The lowest BCUT2D eigenvalue weighted by Gasteiger charge is -2.22. The van der Waals surface area contributed by atoms with E-state index < -0.39 is 40.6 Å².